The number of esters is 2. The van der Waals surface area contributed by atoms with E-state index in [-0.39, 0.29) is 5.56 Å². The number of halogens is 3. The lowest BCUT2D eigenvalue weighted by atomic mass is 9.84. The monoisotopic (exact) mass is 449 g/mol. The summed E-state index contributed by atoms with van der Waals surface area (Å²) in [6, 6.07) is 13.2. The molecule has 3 rings (SSSR count). The smallest absolute Gasteiger partial charge is 0.417 e. The van der Waals surface area contributed by atoms with Crippen molar-refractivity contribution in [1.82, 2.24) is 4.90 Å². The number of ether oxygens (including phenoxy) is 2. The molecule has 32 heavy (non-hydrogen) atoms. The van der Waals surface area contributed by atoms with Crippen molar-refractivity contribution in [2.45, 2.75) is 38.6 Å². The first-order valence-electron chi connectivity index (χ1n) is 10.4. The Bertz CT molecular complexity index is 959. The minimum absolute atomic E-state index is 0.149. The molecule has 0 bridgehead atoms. The average molecular weight is 449 g/mol. The van der Waals surface area contributed by atoms with Crippen LogP contribution in [0.3, 0.4) is 0 Å². The van der Waals surface area contributed by atoms with Gasteiger partial charge in [0.2, 0.25) is 0 Å². The number of benzene rings is 2. The largest absolute Gasteiger partial charge is 0.469 e. The van der Waals surface area contributed by atoms with Gasteiger partial charge in [-0.3, -0.25) is 9.69 Å². The summed E-state index contributed by atoms with van der Waals surface area (Å²) in [5.41, 5.74) is -0.434. The third-order valence-corrected chi connectivity index (χ3v) is 5.50. The Morgan fingerprint density at radius 1 is 1.06 bits per heavy atom. The van der Waals surface area contributed by atoms with Crippen LogP contribution in [0.4, 0.5) is 13.2 Å². The van der Waals surface area contributed by atoms with Crippen LogP contribution in [0.1, 0.15) is 46.8 Å². The molecule has 2 atom stereocenters. The second kappa shape index (κ2) is 9.73. The molecule has 1 heterocycles. The maximum Gasteiger partial charge on any atom is 0.417 e. The first-order chi connectivity index (χ1) is 15.1. The summed E-state index contributed by atoms with van der Waals surface area (Å²) in [5.74, 6) is -2.93. The second-order valence-corrected chi connectivity index (χ2v) is 8.14. The number of hydrogen-bond acceptors (Lipinski definition) is 5. The van der Waals surface area contributed by atoms with E-state index in [9.17, 15) is 22.8 Å². The summed E-state index contributed by atoms with van der Waals surface area (Å²) in [6.45, 7) is 4.28. The molecule has 5 nitrogen and oxygen atoms in total. The molecule has 0 N–H and O–H groups in total. The van der Waals surface area contributed by atoms with Gasteiger partial charge in [-0.1, -0.05) is 42.5 Å². The highest BCUT2D eigenvalue weighted by Gasteiger charge is 2.44. The van der Waals surface area contributed by atoms with Crippen LogP contribution < -0.4 is 0 Å². The van der Waals surface area contributed by atoms with Crippen LogP contribution in [-0.2, 0) is 27.0 Å². The third kappa shape index (κ3) is 5.30. The quantitative estimate of drug-likeness (QED) is 0.601. The van der Waals surface area contributed by atoms with E-state index < -0.39 is 47.2 Å². The average Bonchev–Trinajstić information content (AvgIpc) is 3.15. The van der Waals surface area contributed by atoms with E-state index >= 15 is 0 Å². The van der Waals surface area contributed by atoms with Gasteiger partial charge in [-0.15, -0.1) is 0 Å². The number of likely N-dealkylation sites (tertiary alicyclic amines) is 1. The Morgan fingerprint density at radius 2 is 1.75 bits per heavy atom. The number of alkyl halides is 3. The van der Waals surface area contributed by atoms with Gasteiger partial charge in [0.1, 0.15) is 0 Å². The molecule has 0 aromatic heterocycles. The first-order valence-corrected chi connectivity index (χ1v) is 10.4. The second-order valence-electron chi connectivity index (χ2n) is 8.14. The fourth-order valence-electron chi connectivity index (χ4n) is 4.18. The molecule has 1 fully saturated rings. The Morgan fingerprint density at radius 3 is 2.34 bits per heavy atom. The van der Waals surface area contributed by atoms with Crippen molar-refractivity contribution in [3.05, 3.63) is 70.8 Å². The van der Waals surface area contributed by atoms with Crippen LogP contribution >= 0.6 is 0 Å². The summed E-state index contributed by atoms with van der Waals surface area (Å²) in [6.07, 6.45) is -5.34. The molecule has 0 amide bonds. The van der Waals surface area contributed by atoms with E-state index in [4.69, 9.17) is 9.47 Å². The van der Waals surface area contributed by atoms with E-state index in [0.717, 1.165) is 11.6 Å². The van der Waals surface area contributed by atoms with Gasteiger partial charge >= 0.3 is 18.1 Å². The summed E-state index contributed by atoms with van der Waals surface area (Å²) in [5, 5.41) is 0. The van der Waals surface area contributed by atoms with Gasteiger partial charge in [0, 0.05) is 25.6 Å². The van der Waals surface area contributed by atoms with Gasteiger partial charge in [0.15, 0.2) is 0 Å². The molecule has 1 aliphatic rings. The summed E-state index contributed by atoms with van der Waals surface area (Å²) >= 11 is 0. The van der Waals surface area contributed by atoms with Crippen LogP contribution in [0.2, 0.25) is 0 Å². The van der Waals surface area contributed by atoms with Crippen molar-refractivity contribution in [2.75, 3.05) is 20.2 Å². The van der Waals surface area contributed by atoms with Crippen LogP contribution in [0.25, 0.3) is 0 Å². The van der Waals surface area contributed by atoms with Crippen LogP contribution in [0, 0.1) is 5.92 Å². The molecular formula is C24H26F3NO4. The topological polar surface area (TPSA) is 55.8 Å². The summed E-state index contributed by atoms with van der Waals surface area (Å²) < 4.78 is 51.5. The van der Waals surface area contributed by atoms with Crippen molar-refractivity contribution in [3.63, 3.8) is 0 Å². The van der Waals surface area contributed by atoms with Crippen molar-refractivity contribution in [3.8, 4) is 0 Å². The number of carbonyl (C=O) groups excluding carboxylic acids is 2. The molecule has 0 saturated carbocycles. The fraction of sp³-hybridized carbons (Fsp3) is 0.417. The Labute approximate surface area is 185 Å². The molecular weight excluding hydrogens is 423 g/mol. The van der Waals surface area contributed by atoms with Crippen molar-refractivity contribution in [1.29, 1.82) is 0 Å². The normalized spacial score (nSPS) is 19.2. The lowest BCUT2D eigenvalue weighted by Gasteiger charge is -2.23. The number of methoxy groups -OCH3 is 1. The van der Waals surface area contributed by atoms with Crippen molar-refractivity contribution in [2.24, 2.45) is 5.92 Å². The highest BCUT2D eigenvalue weighted by Crippen LogP contribution is 2.41. The summed E-state index contributed by atoms with van der Waals surface area (Å²) in [4.78, 5) is 27.3. The minimum atomic E-state index is -4.75. The van der Waals surface area contributed by atoms with Crippen LogP contribution in [-0.4, -0.2) is 43.1 Å². The van der Waals surface area contributed by atoms with E-state index in [0.29, 0.717) is 19.6 Å². The Balaban J connectivity index is 2.04. The molecule has 2 aromatic rings. The summed E-state index contributed by atoms with van der Waals surface area (Å²) in [7, 11) is 1.25. The van der Waals surface area contributed by atoms with Crippen LogP contribution in [0.5, 0.6) is 0 Å². The Kier molecular flexibility index (Phi) is 7.23. The third-order valence-electron chi connectivity index (χ3n) is 5.50. The standard InChI is InChI=1S/C24H26F3NO4/c1-15(2)32-23(30)21-17(10-7-11-20(21)24(25,26)27)18-13-28(14-19(18)22(29)31-3)12-16-8-5-4-6-9-16/h4-11,15,18-19H,12-14H2,1-3H3. The van der Waals surface area contributed by atoms with Gasteiger partial charge in [-0.2, -0.15) is 13.2 Å². The molecule has 172 valence electrons. The van der Waals surface area contributed by atoms with E-state index in [1.807, 2.05) is 35.2 Å². The number of nitrogens with zero attached hydrogens (tertiary/aromatic N) is 1. The highest BCUT2D eigenvalue weighted by molar-refractivity contribution is 5.94. The number of rotatable bonds is 6. The Hall–Kier alpha value is -2.87. The van der Waals surface area contributed by atoms with E-state index in [2.05, 4.69) is 0 Å². The SMILES string of the molecule is COC(=O)C1CN(Cc2ccccc2)CC1c1cccc(C(F)(F)F)c1C(=O)OC(C)C. The zero-order chi connectivity index (χ0) is 23.5. The molecule has 1 aliphatic heterocycles. The maximum atomic E-state index is 13.8. The van der Waals surface area contributed by atoms with Gasteiger partial charge in [0.25, 0.3) is 0 Å². The molecule has 0 aliphatic carbocycles. The lowest BCUT2D eigenvalue weighted by molar-refractivity contribution is -0.145. The predicted molar refractivity (Wildman–Crippen MR) is 112 cm³/mol. The van der Waals surface area contributed by atoms with Gasteiger partial charge < -0.3 is 9.47 Å². The van der Waals surface area contributed by atoms with Crippen molar-refractivity contribution >= 4 is 11.9 Å². The molecule has 0 radical (unpaired) electrons. The molecule has 2 aromatic carbocycles. The van der Waals surface area contributed by atoms with Crippen molar-refractivity contribution < 1.29 is 32.2 Å². The van der Waals surface area contributed by atoms with E-state index in [1.54, 1.807) is 13.8 Å². The van der Waals surface area contributed by atoms with Gasteiger partial charge in [-0.25, -0.2) is 4.79 Å². The molecule has 1 saturated heterocycles. The zero-order valence-corrected chi connectivity index (χ0v) is 18.2. The van der Waals surface area contributed by atoms with Gasteiger partial charge in [-0.05, 0) is 31.0 Å². The van der Waals surface area contributed by atoms with Crippen LogP contribution in [0.15, 0.2) is 48.5 Å². The molecule has 0 spiro atoms. The van der Waals surface area contributed by atoms with Gasteiger partial charge in [0.05, 0.1) is 30.3 Å². The predicted octanol–water partition coefficient (Wildman–Crippen LogP) is 4.66. The zero-order valence-electron chi connectivity index (χ0n) is 18.2. The van der Waals surface area contributed by atoms with E-state index in [1.165, 1.54) is 19.2 Å². The molecule has 8 heteroatoms. The minimum Gasteiger partial charge on any atom is -0.469 e. The molecule has 2 unspecified atom stereocenters. The fourth-order valence-corrected chi connectivity index (χ4v) is 4.18. The first kappa shape index (κ1) is 23.8. The number of carbonyl (C=O) groups is 2. The number of hydrogen-bond donors (Lipinski definition) is 0. The maximum absolute atomic E-state index is 13.8. The highest BCUT2D eigenvalue weighted by atomic mass is 19.4. The lowest BCUT2D eigenvalue weighted by Crippen LogP contribution is -2.26.